The van der Waals surface area contributed by atoms with Gasteiger partial charge in [-0.15, -0.1) is 0 Å². The van der Waals surface area contributed by atoms with Crippen LogP contribution in [0.3, 0.4) is 0 Å². The van der Waals surface area contributed by atoms with Gasteiger partial charge in [0.05, 0.1) is 42.4 Å². The number of methoxy groups -OCH3 is 1. The lowest BCUT2D eigenvalue weighted by Gasteiger charge is -2.09. The number of aromatic nitrogens is 3. The maximum Gasteiger partial charge on any atom is 0.294 e. The summed E-state index contributed by atoms with van der Waals surface area (Å²) in [6.07, 6.45) is 7.94. The van der Waals surface area contributed by atoms with Crippen LogP contribution in [0.4, 0.5) is 5.69 Å². The Morgan fingerprint density at radius 1 is 0.971 bits per heavy atom. The molecule has 3 aromatic carbocycles. The molecule has 0 bridgehead atoms. The molecule has 0 N–H and O–H groups in total. The molecule has 0 amide bonds. The maximum atomic E-state index is 11.9. The van der Waals surface area contributed by atoms with Gasteiger partial charge in [-0.05, 0) is 40.5 Å². The van der Waals surface area contributed by atoms with Gasteiger partial charge in [0.1, 0.15) is 5.75 Å². The van der Waals surface area contributed by atoms with Crippen LogP contribution < -0.4 is 4.74 Å². The van der Waals surface area contributed by atoms with Gasteiger partial charge in [0, 0.05) is 18.9 Å². The van der Waals surface area contributed by atoms with E-state index in [2.05, 4.69) is 21.7 Å². The van der Waals surface area contributed by atoms with Crippen LogP contribution in [0.5, 0.6) is 5.75 Å². The van der Waals surface area contributed by atoms with Crippen LogP contribution >= 0.6 is 0 Å². The number of fused-ring (bicyclic) bond motifs is 1. The van der Waals surface area contributed by atoms with E-state index in [1.807, 2.05) is 77.9 Å². The highest BCUT2D eigenvalue weighted by molar-refractivity contribution is 5.98. The Labute approximate surface area is 197 Å². The second kappa shape index (κ2) is 9.23. The Morgan fingerprint density at radius 3 is 2.56 bits per heavy atom. The third kappa shape index (κ3) is 4.28. The van der Waals surface area contributed by atoms with E-state index in [4.69, 9.17) is 4.74 Å². The molecule has 0 unspecified atom stereocenters. The number of ether oxygens (including phenoxy) is 1. The molecule has 0 fully saturated rings. The van der Waals surface area contributed by atoms with E-state index in [9.17, 15) is 10.1 Å². The van der Waals surface area contributed by atoms with Crippen molar-refractivity contribution in [2.75, 3.05) is 7.11 Å². The molecule has 7 nitrogen and oxygen atoms in total. The Balaban J connectivity index is 1.41. The summed E-state index contributed by atoms with van der Waals surface area (Å²) < 4.78 is 9.19. The van der Waals surface area contributed by atoms with Crippen molar-refractivity contribution in [3.05, 3.63) is 113 Å². The minimum absolute atomic E-state index is 0.0978. The van der Waals surface area contributed by atoms with Crippen LogP contribution in [0.1, 0.15) is 11.3 Å². The molecule has 0 aliphatic carbocycles. The topological polar surface area (TPSA) is 75.1 Å². The Kier molecular flexibility index (Phi) is 5.82. The van der Waals surface area contributed by atoms with Crippen molar-refractivity contribution < 1.29 is 9.66 Å². The van der Waals surface area contributed by atoms with Crippen LogP contribution in [-0.4, -0.2) is 26.2 Å². The van der Waals surface area contributed by atoms with E-state index >= 15 is 0 Å². The summed E-state index contributed by atoms with van der Waals surface area (Å²) >= 11 is 0. The first-order valence-electron chi connectivity index (χ1n) is 11.1. The Bertz CT molecular complexity index is 1450. The number of benzene rings is 3. The standard InChI is InChI=1S/C27H24N4O3/c1-34-23-11-9-20(10-12-23)13-14-30-19-28-15-22(30)16-29-17-26(27(18-29)31(32)33)25-8-4-6-21-5-2-3-7-24(21)25/h2-12,15,17-19H,13-14,16H2,1H3. The van der Waals surface area contributed by atoms with Gasteiger partial charge >= 0.3 is 0 Å². The molecule has 34 heavy (non-hydrogen) atoms. The van der Waals surface area contributed by atoms with E-state index < -0.39 is 0 Å². The lowest BCUT2D eigenvalue weighted by atomic mass is 9.99. The highest BCUT2D eigenvalue weighted by Gasteiger charge is 2.21. The third-order valence-electron chi connectivity index (χ3n) is 6.08. The van der Waals surface area contributed by atoms with Gasteiger partial charge in [-0.1, -0.05) is 54.6 Å². The van der Waals surface area contributed by atoms with Crippen molar-refractivity contribution in [1.29, 1.82) is 0 Å². The number of hydrogen-bond acceptors (Lipinski definition) is 4. The fourth-order valence-electron chi connectivity index (χ4n) is 4.31. The zero-order chi connectivity index (χ0) is 23.5. The summed E-state index contributed by atoms with van der Waals surface area (Å²) in [6.45, 7) is 1.26. The first-order valence-corrected chi connectivity index (χ1v) is 11.1. The lowest BCUT2D eigenvalue weighted by Crippen LogP contribution is -2.07. The maximum absolute atomic E-state index is 11.9. The molecule has 0 aliphatic rings. The zero-order valence-corrected chi connectivity index (χ0v) is 18.8. The lowest BCUT2D eigenvalue weighted by molar-refractivity contribution is -0.384. The molecule has 5 rings (SSSR count). The number of nitrogens with zero attached hydrogens (tertiary/aromatic N) is 4. The van der Waals surface area contributed by atoms with Crippen molar-refractivity contribution in [2.24, 2.45) is 0 Å². The third-order valence-corrected chi connectivity index (χ3v) is 6.08. The molecule has 0 radical (unpaired) electrons. The molecule has 0 saturated carbocycles. The molecule has 2 aromatic heterocycles. The zero-order valence-electron chi connectivity index (χ0n) is 18.8. The summed E-state index contributed by atoms with van der Waals surface area (Å²) in [6, 6.07) is 21.9. The van der Waals surface area contributed by atoms with Gasteiger partial charge in [-0.25, -0.2) is 4.98 Å². The molecule has 5 aromatic rings. The summed E-state index contributed by atoms with van der Waals surface area (Å²) in [5, 5.41) is 13.9. The Hall–Kier alpha value is -4.39. The van der Waals surface area contributed by atoms with Gasteiger partial charge in [0.25, 0.3) is 5.69 Å². The fraction of sp³-hybridized carbons (Fsp3) is 0.148. The number of rotatable bonds is 8. The molecule has 170 valence electrons. The van der Waals surface area contributed by atoms with Crippen molar-refractivity contribution in [1.82, 2.24) is 14.1 Å². The van der Waals surface area contributed by atoms with Crippen LogP contribution in [0.25, 0.3) is 21.9 Å². The van der Waals surface area contributed by atoms with Gasteiger partial charge in [-0.3, -0.25) is 10.1 Å². The molecule has 0 saturated heterocycles. The van der Waals surface area contributed by atoms with E-state index in [0.29, 0.717) is 12.1 Å². The normalized spacial score (nSPS) is 11.1. The number of hydrogen-bond donors (Lipinski definition) is 0. The smallest absolute Gasteiger partial charge is 0.294 e. The number of nitro groups is 1. The molecular formula is C27H24N4O3. The number of imidazole rings is 1. The van der Waals surface area contributed by atoms with Crippen LogP contribution in [0.15, 0.2) is 91.6 Å². The molecule has 0 atom stereocenters. The molecule has 0 spiro atoms. The highest BCUT2D eigenvalue weighted by Crippen LogP contribution is 2.35. The average molecular weight is 453 g/mol. The number of aryl methyl sites for hydroxylation is 2. The SMILES string of the molecule is COc1ccc(CCn2cncc2Cn2cc(-c3cccc4ccccc34)c([N+](=O)[O-])c2)cc1. The molecular weight excluding hydrogens is 428 g/mol. The summed E-state index contributed by atoms with van der Waals surface area (Å²) in [5.74, 6) is 0.836. The van der Waals surface area contributed by atoms with Gasteiger partial charge in [0.2, 0.25) is 0 Å². The van der Waals surface area contributed by atoms with Crippen molar-refractivity contribution in [3.8, 4) is 16.9 Å². The Morgan fingerprint density at radius 2 is 1.76 bits per heavy atom. The van der Waals surface area contributed by atoms with Crippen molar-refractivity contribution in [2.45, 2.75) is 19.5 Å². The van der Waals surface area contributed by atoms with E-state index in [1.165, 1.54) is 5.56 Å². The van der Waals surface area contributed by atoms with Crippen LogP contribution in [-0.2, 0) is 19.5 Å². The second-order valence-corrected chi connectivity index (χ2v) is 8.19. The summed E-state index contributed by atoms with van der Waals surface area (Å²) in [4.78, 5) is 15.9. The molecule has 0 aliphatic heterocycles. The summed E-state index contributed by atoms with van der Waals surface area (Å²) in [7, 11) is 1.66. The van der Waals surface area contributed by atoms with Gasteiger partial charge in [0.15, 0.2) is 0 Å². The van der Waals surface area contributed by atoms with Crippen LogP contribution in [0, 0.1) is 10.1 Å². The van der Waals surface area contributed by atoms with Gasteiger partial charge in [-0.2, -0.15) is 0 Å². The van der Waals surface area contributed by atoms with E-state index in [-0.39, 0.29) is 10.6 Å². The van der Waals surface area contributed by atoms with Crippen molar-refractivity contribution >= 4 is 16.5 Å². The fourth-order valence-corrected chi connectivity index (χ4v) is 4.31. The predicted octanol–water partition coefficient (Wildman–Crippen LogP) is 5.71. The minimum atomic E-state index is -0.311. The molecule has 2 heterocycles. The first-order chi connectivity index (χ1) is 16.6. The average Bonchev–Trinajstić information content (AvgIpc) is 3.50. The second-order valence-electron chi connectivity index (χ2n) is 8.19. The van der Waals surface area contributed by atoms with E-state index in [0.717, 1.165) is 40.7 Å². The van der Waals surface area contributed by atoms with Crippen molar-refractivity contribution in [3.63, 3.8) is 0 Å². The largest absolute Gasteiger partial charge is 0.497 e. The van der Waals surface area contributed by atoms with E-state index in [1.54, 1.807) is 13.3 Å². The quantitative estimate of drug-likeness (QED) is 0.223. The first kappa shape index (κ1) is 21.5. The predicted molar refractivity (Wildman–Crippen MR) is 132 cm³/mol. The van der Waals surface area contributed by atoms with Crippen LogP contribution in [0.2, 0.25) is 0 Å². The minimum Gasteiger partial charge on any atom is -0.497 e. The highest BCUT2D eigenvalue weighted by atomic mass is 16.6. The molecule has 7 heteroatoms. The summed E-state index contributed by atoms with van der Waals surface area (Å²) in [5.41, 5.74) is 3.77. The van der Waals surface area contributed by atoms with Gasteiger partial charge < -0.3 is 13.9 Å². The monoisotopic (exact) mass is 452 g/mol.